The monoisotopic (exact) mass is 194 g/mol. The molecular weight excluding hydrogens is 176 g/mol. The van der Waals surface area contributed by atoms with Crippen LogP contribution in [0.15, 0.2) is 6.07 Å². The molecule has 0 saturated heterocycles. The maximum Gasteiger partial charge on any atom is 0.130 e. The minimum Gasteiger partial charge on any atom is -0.325 e. The SMILES string of the molecule is Cc1cc(CN)nc(CCN(C)C)n1. The van der Waals surface area contributed by atoms with Gasteiger partial charge in [0.1, 0.15) is 5.82 Å². The molecule has 14 heavy (non-hydrogen) atoms. The van der Waals surface area contributed by atoms with E-state index in [1.54, 1.807) is 0 Å². The molecule has 4 nitrogen and oxygen atoms in total. The second-order valence-corrected chi connectivity index (χ2v) is 3.67. The largest absolute Gasteiger partial charge is 0.325 e. The van der Waals surface area contributed by atoms with Gasteiger partial charge in [-0.1, -0.05) is 0 Å². The molecule has 0 aromatic carbocycles. The van der Waals surface area contributed by atoms with E-state index in [2.05, 4.69) is 14.9 Å². The molecule has 0 saturated carbocycles. The highest BCUT2D eigenvalue weighted by Gasteiger charge is 2.01. The molecule has 1 aromatic heterocycles. The second kappa shape index (κ2) is 5.02. The summed E-state index contributed by atoms with van der Waals surface area (Å²) in [5.74, 6) is 0.888. The summed E-state index contributed by atoms with van der Waals surface area (Å²) in [6.45, 7) is 3.42. The average molecular weight is 194 g/mol. The van der Waals surface area contributed by atoms with Crippen LogP contribution in [0.1, 0.15) is 17.2 Å². The van der Waals surface area contributed by atoms with Crippen molar-refractivity contribution in [3.8, 4) is 0 Å². The van der Waals surface area contributed by atoms with Crippen molar-refractivity contribution in [1.82, 2.24) is 14.9 Å². The van der Waals surface area contributed by atoms with Crippen LogP contribution in [-0.2, 0) is 13.0 Å². The molecular formula is C10H18N4. The molecule has 0 amide bonds. The van der Waals surface area contributed by atoms with Gasteiger partial charge in [0.25, 0.3) is 0 Å². The Labute approximate surface area is 85.2 Å². The molecule has 1 aromatic rings. The normalized spacial score (nSPS) is 10.9. The van der Waals surface area contributed by atoms with Gasteiger partial charge in [-0.15, -0.1) is 0 Å². The van der Waals surface area contributed by atoms with Crippen molar-refractivity contribution in [2.45, 2.75) is 19.9 Å². The number of aromatic nitrogens is 2. The van der Waals surface area contributed by atoms with Gasteiger partial charge in [-0.05, 0) is 27.1 Å². The Bertz CT molecular complexity index is 296. The van der Waals surface area contributed by atoms with Crippen LogP contribution < -0.4 is 5.73 Å². The maximum absolute atomic E-state index is 5.54. The molecule has 0 aliphatic rings. The zero-order chi connectivity index (χ0) is 10.6. The van der Waals surface area contributed by atoms with E-state index < -0.39 is 0 Å². The van der Waals surface area contributed by atoms with Crippen LogP contribution in [0.5, 0.6) is 0 Å². The van der Waals surface area contributed by atoms with Gasteiger partial charge in [-0.2, -0.15) is 0 Å². The van der Waals surface area contributed by atoms with Crippen molar-refractivity contribution in [2.75, 3.05) is 20.6 Å². The lowest BCUT2D eigenvalue weighted by molar-refractivity contribution is 0.409. The molecule has 0 radical (unpaired) electrons. The average Bonchev–Trinajstić information content (AvgIpc) is 2.14. The first kappa shape index (κ1) is 11.1. The smallest absolute Gasteiger partial charge is 0.130 e. The van der Waals surface area contributed by atoms with E-state index in [0.29, 0.717) is 6.54 Å². The lowest BCUT2D eigenvalue weighted by Gasteiger charge is -2.09. The molecule has 0 fully saturated rings. The first-order valence-corrected chi connectivity index (χ1v) is 4.80. The van der Waals surface area contributed by atoms with Gasteiger partial charge < -0.3 is 10.6 Å². The fraction of sp³-hybridized carbons (Fsp3) is 0.600. The molecule has 0 aliphatic carbocycles. The van der Waals surface area contributed by atoms with Gasteiger partial charge in [0.05, 0.1) is 5.69 Å². The van der Waals surface area contributed by atoms with Gasteiger partial charge >= 0.3 is 0 Å². The summed E-state index contributed by atoms with van der Waals surface area (Å²) in [6, 6.07) is 1.93. The summed E-state index contributed by atoms with van der Waals surface area (Å²) in [4.78, 5) is 10.8. The summed E-state index contributed by atoms with van der Waals surface area (Å²) in [5.41, 5.74) is 7.46. The lowest BCUT2D eigenvalue weighted by atomic mass is 10.3. The third-order valence-electron chi connectivity index (χ3n) is 1.95. The molecule has 0 aliphatic heterocycles. The van der Waals surface area contributed by atoms with Crippen molar-refractivity contribution < 1.29 is 0 Å². The first-order valence-electron chi connectivity index (χ1n) is 4.80. The summed E-state index contributed by atoms with van der Waals surface area (Å²) in [5, 5.41) is 0. The van der Waals surface area contributed by atoms with E-state index in [1.807, 2.05) is 27.1 Å². The number of hydrogen-bond donors (Lipinski definition) is 1. The quantitative estimate of drug-likeness (QED) is 0.751. The Hall–Kier alpha value is -1.00. The zero-order valence-electron chi connectivity index (χ0n) is 9.12. The standard InChI is InChI=1S/C10H18N4/c1-8-6-9(7-11)13-10(12-8)4-5-14(2)3/h6H,4-5,7,11H2,1-3H3. The van der Waals surface area contributed by atoms with Crippen LogP contribution in [-0.4, -0.2) is 35.5 Å². The Morgan fingerprint density at radius 2 is 2.07 bits per heavy atom. The third kappa shape index (κ3) is 3.40. The molecule has 4 heteroatoms. The molecule has 0 spiro atoms. The third-order valence-corrected chi connectivity index (χ3v) is 1.95. The number of nitrogens with two attached hydrogens (primary N) is 1. The van der Waals surface area contributed by atoms with Crippen molar-refractivity contribution in [3.63, 3.8) is 0 Å². The van der Waals surface area contributed by atoms with Crippen molar-refractivity contribution in [2.24, 2.45) is 5.73 Å². The minimum atomic E-state index is 0.484. The second-order valence-electron chi connectivity index (χ2n) is 3.67. The van der Waals surface area contributed by atoms with Gasteiger partial charge in [0.15, 0.2) is 0 Å². The summed E-state index contributed by atoms with van der Waals surface area (Å²) >= 11 is 0. The number of aryl methyl sites for hydroxylation is 1. The van der Waals surface area contributed by atoms with Crippen LogP contribution in [0.4, 0.5) is 0 Å². The zero-order valence-corrected chi connectivity index (χ0v) is 9.12. The molecule has 0 bridgehead atoms. The molecule has 0 atom stereocenters. The fourth-order valence-electron chi connectivity index (χ4n) is 1.24. The van der Waals surface area contributed by atoms with E-state index in [-0.39, 0.29) is 0 Å². The molecule has 78 valence electrons. The Kier molecular flexibility index (Phi) is 3.98. The topological polar surface area (TPSA) is 55.0 Å². The molecule has 2 N–H and O–H groups in total. The van der Waals surface area contributed by atoms with Gasteiger partial charge in [-0.25, -0.2) is 9.97 Å². The maximum atomic E-state index is 5.54. The lowest BCUT2D eigenvalue weighted by Crippen LogP contribution is -2.17. The van der Waals surface area contributed by atoms with E-state index in [0.717, 1.165) is 30.2 Å². The molecule has 0 unspecified atom stereocenters. The summed E-state index contributed by atoms with van der Waals surface area (Å²) in [6.07, 6.45) is 0.877. The van der Waals surface area contributed by atoms with E-state index >= 15 is 0 Å². The van der Waals surface area contributed by atoms with Gasteiger partial charge in [-0.3, -0.25) is 0 Å². The molecule has 1 heterocycles. The minimum absolute atomic E-state index is 0.484. The van der Waals surface area contributed by atoms with Crippen LogP contribution in [0.2, 0.25) is 0 Å². The fourth-order valence-corrected chi connectivity index (χ4v) is 1.24. The van der Waals surface area contributed by atoms with Gasteiger partial charge in [0.2, 0.25) is 0 Å². The first-order chi connectivity index (χ1) is 6.61. The van der Waals surface area contributed by atoms with Crippen molar-refractivity contribution >= 4 is 0 Å². The number of likely N-dealkylation sites (N-methyl/N-ethyl adjacent to an activating group) is 1. The van der Waals surface area contributed by atoms with E-state index in [9.17, 15) is 0 Å². The van der Waals surface area contributed by atoms with Crippen LogP contribution in [0.25, 0.3) is 0 Å². The van der Waals surface area contributed by atoms with Crippen LogP contribution in [0.3, 0.4) is 0 Å². The van der Waals surface area contributed by atoms with Gasteiger partial charge in [0, 0.05) is 25.2 Å². The van der Waals surface area contributed by atoms with Crippen molar-refractivity contribution in [3.05, 3.63) is 23.3 Å². The van der Waals surface area contributed by atoms with E-state index in [4.69, 9.17) is 5.73 Å². The number of hydrogen-bond acceptors (Lipinski definition) is 4. The molecule has 1 rings (SSSR count). The predicted octanol–water partition coefficient (Wildman–Crippen LogP) is 0.348. The Balaban J connectivity index is 2.71. The number of rotatable bonds is 4. The Morgan fingerprint density at radius 1 is 1.36 bits per heavy atom. The Morgan fingerprint density at radius 3 is 2.64 bits per heavy atom. The highest BCUT2D eigenvalue weighted by atomic mass is 15.1. The van der Waals surface area contributed by atoms with Crippen molar-refractivity contribution in [1.29, 1.82) is 0 Å². The summed E-state index contributed by atoms with van der Waals surface area (Å²) < 4.78 is 0. The van der Waals surface area contributed by atoms with Crippen LogP contribution >= 0.6 is 0 Å². The van der Waals surface area contributed by atoms with E-state index in [1.165, 1.54) is 0 Å². The summed E-state index contributed by atoms with van der Waals surface area (Å²) in [7, 11) is 4.08. The highest BCUT2D eigenvalue weighted by Crippen LogP contribution is 2.00. The number of nitrogens with zero attached hydrogens (tertiary/aromatic N) is 3. The highest BCUT2D eigenvalue weighted by molar-refractivity contribution is 5.09. The van der Waals surface area contributed by atoms with Crippen LogP contribution in [0, 0.1) is 6.92 Å². The predicted molar refractivity (Wildman–Crippen MR) is 56.9 cm³/mol.